The number of anilines is 1. The van der Waals surface area contributed by atoms with Crippen LogP contribution in [0.1, 0.15) is 21.7 Å². The fourth-order valence-electron chi connectivity index (χ4n) is 3.46. The number of hydrogen-bond acceptors (Lipinski definition) is 4. The summed E-state index contributed by atoms with van der Waals surface area (Å²) < 4.78 is 30.2. The number of thioether (sulfide) groups is 1. The lowest BCUT2D eigenvalue weighted by Crippen LogP contribution is -2.50. The molecule has 0 spiro atoms. The summed E-state index contributed by atoms with van der Waals surface area (Å²) in [6, 6.07) is 16.3. The Morgan fingerprint density at radius 2 is 1.77 bits per heavy atom. The van der Waals surface area contributed by atoms with Crippen LogP contribution in [0.4, 0.5) is 14.5 Å². The van der Waals surface area contributed by atoms with Gasteiger partial charge in [0.25, 0.3) is 11.7 Å². The van der Waals surface area contributed by atoms with Crippen molar-refractivity contribution >= 4 is 29.3 Å². The standard InChI is InChI=1S/C22H18F2N2O3S/c23-22(24)30-17-9-7-16(8-10-17)25-20(27)18-12-14-4-1-2-5-15(14)13-26(18)21(28)19-6-3-11-29-19/h1-11,18,22H,12-13H2,(H,25,27). The van der Waals surface area contributed by atoms with Gasteiger partial charge in [-0.25, -0.2) is 0 Å². The summed E-state index contributed by atoms with van der Waals surface area (Å²) in [6.07, 6.45) is 1.78. The number of amides is 2. The fourth-order valence-corrected chi connectivity index (χ4v) is 3.96. The minimum atomic E-state index is -2.51. The van der Waals surface area contributed by atoms with E-state index in [0.717, 1.165) is 11.1 Å². The molecule has 0 saturated heterocycles. The van der Waals surface area contributed by atoms with Crippen molar-refractivity contribution in [3.63, 3.8) is 0 Å². The molecule has 5 nitrogen and oxygen atoms in total. The van der Waals surface area contributed by atoms with Crippen molar-refractivity contribution in [1.82, 2.24) is 4.90 Å². The molecule has 0 aliphatic carbocycles. The zero-order chi connectivity index (χ0) is 21.1. The van der Waals surface area contributed by atoms with E-state index in [4.69, 9.17) is 4.42 Å². The van der Waals surface area contributed by atoms with Crippen LogP contribution in [-0.4, -0.2) is 28.5 Å². The van der Waals surface area contributed by atoms with Gasteiger partial charge in [-0.3, -0.25) is 9.59 Å². The van der Waals surface area contributed by atoms with Gasteiger partial charge in [0.2, 0.25) is 5.91 Å². The third-order valence-electron chi connectivity index (χ3n) is 4.89. The summed E-state index contributed by atoms with van der Waals surface area (Å²) in [5, 5.41) is 2.79. The molecule has 1 aliphatic rings. The molecule has 4 rings (SSSR count). The SMILES string of the molecule is O=C(Nc1ccc(SC(F)F)cc1)C1Cc2ccccc2CN1C(=O)c1ccco1. The van der Waals surface area contributed by atoms with E-state index in [-0.39, 0.29) is 24.1 Å². The molecule has 1 aromatic heterocycles. The van der Waals surface area contributed by atoms with Crippen LogP contribution in [0.5, 0.6) is 0 Å². The predicted octanol–water partition coefficient (Wildman–Crippen LogP) is 4.80. The number of furan rings is 1. The molecule has 0 fully saturated rings. The van der Waals surface area contributed by atoms with Gasteiger partial charge in [0.1, 0.15) is 6.04 Å². The summed E-state index contributed by atoms with van der Waals surface area (Å²) in [6.45, 7) is 0.289. The summed E-state index contributed by atoms with van der Waals surface area (Å²) in [7, 11) is 0. The molecule has 1 unspecified atom stereocenters. The first kappa shape index (κ1) is 20.2. The third kappa shape index (κ3) is 4.38. The van der Waals surface area contributed by atoms with Crippen LogP contribution in [0, 0.1) is 0 Å². The van der Waals surface area contributed by atoms with E-state index >= 15 is 0 Å². The highest BCUT2D eigenvalue weighted by molar-refractivity contribution is 7.99. The van der Waals surface area contributed by atoms with E-state index in [1.165, 1.54) is 23.3 Å². The molecule has 1 aliphatic heterocycles. The Morgan fingerprint density at radius 3 is 2.43 bits per heavy atom. The van der Waals surface area contributed by atoms with Crippen LogP contribution in [0.25, 0.3) is 0 Å². The number of benzene rings is 2. The average Bonchev–Trinajstić information content (AvgIpc) is 3.28. The summed E-state index contributed by atoms with van der Waals surface area (Å²) >= 11 is 0.440. The molecule has 2 aromatic carbocycles. The monoisotopic (exact) mass is 428 g/mol. The highest BCUT2D eigenvalue weighted by Gasteiger charge is 2.36. The number of carbonyl (C=O) groups excluding carboxylic acids is 2. The molecule has 30 heavy (non-hydrogen) atoms. The molecule has 3 aromatic rings. The molecular formula is C22H18F2N2O3S. The minimum Gasteiger partial charge on any atom is -0.459 e. The van der Waals surface area contributed by atoms with Gasteiger partial charge < -0.3 is 14.6 Å². The minimum absolute atomic E-state index is 0.167. The lowest BCUT2D eigenvalue weighted by Gasteiger charge is -2.35. The Kier molecular flexibility index (Phi) is 5.85. The molecule has 0 bridgehead atoms. The van der Waals surface area contributed by atoms with Gasteiger partial charge in [-0.05, 0) is 47.5 Å². The molecule has 1 N–H and O–H groups in total. The molecule has 2 heterocycles. The Hall–Kier alpha value is -3.13. The van der Waals surface area contributed by atoms with Gasteiger partial charge in [-0.1, -0.05) is 36.0 Å². The van der Waals surface area contributed by atoms with Crippen LogP contribution < -0.4 is 5.32 Å². The van der Waals surface area contributed by atoms with Crippen LogP contribution in [0.2, 0.25) is 0 Å². The molecule has 1 atom stereocenters. The topological polar surface area (TPSA) is 62.6 Å². The second-order valence-electron chi connectivity index (χ2n) is 6.79. The molecule has 154 valence electrons. The van der Waals surface area contributed by atoms with Gasteiger partial charge in [-0.15, -0.1) is 0 Å². The van der Waals surface area contributed by atoms with Crippen molar-refractivity contribution in [2.24, 2.45) is 0 Å². The quantitative estimate of drug-likeness (QED) is 0.593. The summed E-state index contributed by atoms with van der Waals surface area (Å²) in [4.78, 5) is 27.9. The smallest absolute Gasteiger partial charge is 0.290 e. The average molecular weight is 428 g/mol. The Labute approximate surface area is 176 Å². The maximum absolute atomic E-state index is 13.1. The number of hydrogen-bond donors (Lipinski definition) is 1. The maximum atomic E-state index is 13.1. The number of alkyl halides is 2. The van der Waals surface area contributed by atoms with E-state index in [1.54, 1.807) is 24.3 Å². The maximum Gasteiger partial charge on any atom is 0.290 e. The van der Waals surface area contributed by atoms with Crippen molar-refractivity contribution in [3.05, 3.63) is 83.8 Å². The first-order valence-electron chi connectivity index (χ1n) is 9.28. The first-order chi connectivity index (χ1) is 14.5. The van der Waals surface area contributed by atoms with Gasteiger partial charge in [-0.2, -0.15) is 8.78 Å². The van der Waals surface area contributed by atoms with Gasteiger partial charge in [0, 0.05) is 23.5 Å². The first-order valence-corrected chi connectivity index (χ1v) is 10.2. The Bertz CT molecular complexity index is 1040. The van der Waals surface area contributed by atoms with E-state index in [2.05, 4.69) is 5.32 Å². The number of fused-ring (bicyclic) bond motifs is 1. The number of halogens is 2. The van der Waals surface area contributed by atoms with Crippen molar-refractivity contribution in [2.45, 2.75) is 29.7 Å². The highest BCUT2D eigenvalue weighted by atomic mass is 32.2. The van der Waals surface area contributed by atoms with Crippen LogP contribution in [-0.2, 0) is 17.8 Å². The van der Waals surface area contributed by atoms with E-state index < -0.39 is 11.8 Å². The normalized spacial score (nSPS) is 15.7. The van der Waals surface area contributed by atoms with Gasteiger partial charge >= 0.3 is 0 Å². The Balaban J connectivity index is 1.56. The van der Waals surface area contributed by atoms with Crippen molar-refractivity contribution in [2.75, 3.05) is 5.32 Å². The zero-order valence-electron chi connectivity index (χ0n) is 15.8. The summed E-state index contributed by atoms with van der Waals surface area (Å²) in [5.74, 6) is -3.05. The van der Waals surface area contributed by atoms with Crippen LogP contribution >= 0.6 is 11.8 Å². The number of nitrogens with zero attached hydrogens (tertiary/aromatic N) is 1. The van der Waals surface area contributed by atoms with Crippen LogP contribution in [0.3, 0.4) is 0 Å². The van der Waals surface area contributed by atoms with Crippen molar-refractivity contribution in [3.8, 4) is 0 Å². The molecule has 0 saturated carbocycles. The van der Waals surface area contributed by atoms with Gasteiger partial charge in [0.05, 0.1) is 6.26 Å². The van der Waals surface area contributed by atoms with Crippen molar-refractivity contribution in [1.29, 1.82) is 0 Å². The van der Waals surface area contributed by atoms with E-state index in [9.17, 15) is 18.4 Å². The zero-order valence-corrected chi connectivity index (χ0v) is 16.6. The number of carbonyl (C=O) groups is 2. The summed E-state index contributed by atoms with van der Waals surface area (Å²) in [5.41, 5.74) is 2.46. The number of nitrogens with one attached hydrogen (secondary N) is 1. The largest absolute Gasteiger partial charge is 0.459 e. The van der Waals surface area contributed by atoms with Gasteiger partial charge in [0.15, 0.2) is 5.76 Å². The van der Waals surface area contributed by atoms with E-state index in [0.29, 0.717) is 28.8 Å². The van der Waals surface area contributed by atoms with Crippen molar-refractivity contribution < 1.29 is 22.8 Å². The van der Waals surface area contributed by atoms with Crippen LogP contribution in [0.15, 0.2) is 76.2 Å². The molecule has 8 heteroatoms. The highest BCUT2D eigenvalue weighted by Crippen LogP contribution is 2.28. The second kappa shape index (κ2) is 8.71. The number of rotatable bonds is 5. The molecule has 0 radical (unpaired) electrons. The molecular weight excluding hydrogens is 410 g/mol. The second-order valence-corrected chi connectivity index (χ2v) is 7.85. The van der Waals surface area contributed by atoms with E-state index in [1.807, 2.05) is 24.3 Å². The lowest BCUT2D eigenvalue weighted by molar-refractivity contribution is -0.121. The third-order valence-corrected chi connectivity index (χ3v) is 5.61. The Morgan fingerprint density at radius 1 is 1.03 bits per heavy atom. The fraction of sp³-hybridized carbons (Fsp3) is 0.182. The molecule has 2 amide bonds. The lowest BCUT2D eigenvalue weighted by atomic mass is 9.93. The predicted molar refractivity (Wildman–Crippen MR) is 109 cm³/mol.